The molecule has 0 aromatic heterocycles. The molecule has 0 radical (unpaired) electrons. The van der Waals surface area contributed by atoms with Gasteiger partial charge < -0.3 is 10.0 Å². The summed E-state index contributed by atoms with van der Waals surface area (Å²) in [5.41, 5.74) is 1.24. The average Bonchev–Trinajstić information content (AvgIpc) is 2.69. The number of carbonyl (C=O) groups is 1. The third kappa shape index (κ3) is 4.88. The smallest absolute Gasteiger partial charge is 0.254 e. The lowest BCUT2D eigenvalue weighted by atomic mass is 10.1. The number of nitrogens with zero attached hydrogens (tertiary/aromatic N) is 3. The van der Waals surface area contributed by atoms with Crippen LogP contribution in [0.2, 0.25) is 0 Å². The molecular weight excluding hydrogens is 402 g/mol. The zero-order valence-corrected chi connectivity index (χ0v) is 19.4. The van der Waals surface area contributed by atoms with Crippen LogP contribution in [0.4, 0.5) is 0 Å². The van der Waals surface area contributed by atoms with E-state index in [-0.39, 0.29) is 22.9 Å². The number of aryl methyl sites for hydroxylation is 1. The summed E-state index contributed by atoms with van der Waals surface area (Å²) in [6.45, 7) is 10.6. The zero-order valence-electron chi connectivity index (χ0n) is 18.5. The monoisotopic (exact) mass is 437 g/mol. The molecule has 3 atom stereocenters. The molecule has 1 amide bonds. The largest absolute Gasteiger partial charge is 0.392 e. The highest BCUT2D eigenvalue weighted by Gasteiger charge is 2.33. The van der Waals surface area contributed by atoms with Crippen molar-refractivity contribution < 1.29 is 18.3 Å². The summed E-state index contributed by atoms with van der Waals surface area (Å²) in [4.78, 5) is 17.4. The van der Waals surface area contributed by atoms with Gasteiger partial charge in [0.15, 0.2) is 0 Å². The van der Waals surface area contributed by atoms with E-state index in [1.807, 2.05) is 20.8 Å². The van der Waals surface area contributed by atoms with E-state index in [4.69, 9.17) is 0 Å². The third-order valence-electron chi connectivity index (χ3n) is 6.34. The maximum Gasteiger partial charge on any atom is 0.254 e. The molecule has 2 aliphatic rings. The van der Waals surface area contributed by atoms with Crippen LogP contribution < -0.4 is 0 Å². The summed E-state index contributed by atoms with van der Waals surface area (Å²) < 4.78 is 28.0. The van der Waals surface area contributed by atoms with Crippen LogP contribution in [0.5, 0.6) is 0 Å². The molecule has 0 spiro atoms. The Balaban J connectivity index is 1.81. The summed E-state index contributed by atoms with van der Waals surface area (Å²) >= 11 is 0. The standard InChI is InChI=1S/C22H35N3O4S/c1-16-8-9-20(30(28,29)25-10-6-5-7-17(25)2)13-21(16)22(27)24-12-11-23(15-19(4)26)18(3)14-24/h8-9,13,17-19,26H,5-7,10-12,14-15H2,1-4H3. The van der Waals surface area contributed by atoms with Crippen molar-refractivity contribution in [3.05, 3.63) is 29.3 Å². The number of sulfonamides is 1. The Morgan fingerprint density at radius 3 is 2.53 bits per heavy atom. The van der Waals surface area contributed by atoms with Crippen molar-refractivity contribution in [3.63, 3.8) is 0 Å². The molecular formula is C22H35N3O4S. The Morgan fingerprint density at radius 2 is 1.90 bits per heavy atom. The van der Waals surface area contributed by atoms with Gasteiger partial charge in [-0.1, -0.05) is 12.5 Å². The van der Waals surface area contributed by atoms with Crippen LogP contribution in [0.1, 0.15) is 56.0 Å². The van der Waals surface area contributed by atoms with E-state index in [0.29, 0.717) is 38.3 Å². The summed E-state index contributed by atoms with van der Waals surface area (Å²) in [5, 5.41) is 9.66. The molecule has 0 aliphatic carbocycles. The number of aliphatic hydroxyl groups excluding tert-OH is 1. The molecule has 8 heteroatoms. The Morgan fingerprint density at radius 1 is 1.17 bits per heavy atom. The Bertz CT molecular complexity index is 871. The summed E-state index contributed by atoms with van der Waals surface area (Å²) in [7, 11) is -3.62. The Kier molecular flexibility index (Phi) is 7.22. The van der Waals surface area contributed by atoms with Crippen LogP contribution >= 0.6 is 0 Å². The Hall–Kier alpha value is -1.48. The number of aliphatic hydroxyl groups is 1. The molecule has 1 aromatic carbocycles. The van der Waals surface area contributed by atoms with Crippen molar-refractivity contribution in [2.75, 3.05) is 32.7 Å². The minimum Gasteiger partial charge on any atom is -0.392 e. The molecule has 0 saturated carbocycles. The summed E-state index contributed by atoms with van der Waals surface area (Å²) in [6.07, 6.45) is 2.38. The van der Waals surface area contributed by atoms with E-state index in [0.717, 1.165) is 24.8 Å². The third-order valence-corrected chi connectivity index (χ3v) is 8.35. The van der Waals surface area contributed by atoms with Gasteiger partial charge in [-0.05, 0) is 58.2 Å². The molecule has 168 valence electrons. The molecule has 2 heterocycles. The lowest BCUT2D eigenvalue weighted by Crippen LogP contribution is -2.55. The minimum atomic E-state index is -3.62. The van der Waals surface area contributed by atoms with E-state index < -0.39 is 16.1 Å². The van der Waals surface area contributed by atoms with Crippen LogP contribution in [0, 0.1) is 6.92 Å². The fourth-order valence-electron chi connectivity index (χ4n) is 4.52. The van der Waals surface area contributed by atoms with Crippen LogP contribution in [0.15, 0.2) is 23.1 Å². The van der Waals surface area contributed by atoms with E-state index in [9.17, 15) is 18.3 Å². The van der Waals surface area contributed by atoms with Crippen LogP contribution in [-0.2, 0) is 10.0 Å². The minimum absolute atomic E-state index is 0.0213. The average molecular weight is 438 g/mol. The molecule has 30 heavy (non-hydrogen) atoms. The molecule has 1 N–H and O–H groups in total. The van der Waals surface area contributed by atoms with Gasteiger partial charge in [-0.3, -0.25) is 9.69 Å². The highest BCUT2D eigenvalue weighted by Crippen LogP contribution is 2.27. The molecule has 2 aliphatic heterocycles. The van der Waals surface area contributed by atoms with Crippen molar-refractivity contribution in [2.24, 2.45) is 0 Å². The number of amides is 1. The van der Waals surface area contributed by atoms with Gasteiger partial charge in [0.1, 0.15) is 0 Å². The van der Waals surface area contributed by atoms with E-state index in [1.165, 1.54) is 0 Å². The highest BCUT2D eigenvalue weighted by atomic mass is 32.2. The number of hydrogen-bond donors (Lipinski definition) is 1. The predicted molar refractivity (Wildman–Crippen MR) is 117 cm³/mol. The molecule has 2 saturated heterocycles. The molecule has 0 bridgehead atoms. The van der Waals surface area contributed by atoms with Crippen molar-refractivity contribution in [2.45, 2.75) is 70.0 Å². The quantitative estimate of drug-likeness (QED) is 0.763. The zero-order chi connectivity index (χ0) is 22.1. The molecule has 1 aromatic rings. The van der Waals surface area contributed by atoms with Gasteiger partial charge in [0.2, 0.25) is 10.0 Å². The van der Waals surface area contributed by atoms with E-state index in [2.05, 4.69) is 4.90 Å². The van der Waals surface area contributed by atoms with Crippen LogP contribution in [0.25, 0.3) is 0 Å². The second-order valence-electron chi connectivity index (χ2n) is 8.88. The van der Waals surface area contributed by atoms with E-state index in [1.54, 1.807) is 34.3 Å². The summed E-state index contributed by atoms with van der Waals surface area (Å²) in [6, 6.07) is 5.03. The maximum absolute atomic E-state index is 13.3. The van der Waals surface area contributed by atoms with Crippen molar-refractivity contribution in [1.29, 1.82) is 0 Å². The van der Waals surface area contributed by atoms with Gasteiger partial charge in [0, 0.05) is 50.4 Å². The number of hydrogen-bond acceptors (Lipinski definition) is 5. The van der Waals surface area contributed by atoms with Gasteiger partial charge in [-0.2, -0.15) is 4.31 Å². The second-order valence-corrected chi connectivity index (χ2v) is 10.8. The number of carbonyl (C=O) groups excluding carboxylic acids is 1. The van der Waals surface area contributed by atoms with Crippen molar-refractivity contribution in [1.82, 2.24) is 14.1 Å². The normalized spacial score (nSPS) is 25.3. The molecule has 7 nitrogen and oxygen atoms in total. The first-order valence-electron chi connectivity index (χ1n) is 10.9. The molecule has 3 unspecified atom stereocenters. The summed E-state index contributed by atoms with van der Waals surface area (Å²) in [5.74, 6) is -0.125. The fourth-order valence-corrected chi connectivity index (χ4v) is 6.24. The van der Waals surface area contributed by atoms with Crippen molar-refractivity contribution in [3.8, 4) is 0 Å². The number of β-amino-alcohol motifs (C(OH)–C–C–N with tert-alkyl or cyclic N) is 1. The predicted octanol–water partition coefficient (Wildman–Crippen LogP) is 2.09. The first-order valence-corrected chi connectivity index (χ1v) is 12.4. The van der Waals surface area contributed by atoms with Crippen LogP contribution in [-0.4, -0.2) is 84.4 Å². The Labute approximate surface area is 180 Å². The van der Waals surface area contributed by atoms with Gasteiger partial charge in [-0.25, -0.2) is 8.42 Å². The highest BCUT2D eigenvalue weighted by molar-refractivity contribution is 7.89. The lowest BCUT2D eigenvalue weighted by molar-refractivity contribution is 0.0364. The fraction of sp³-hybridized carbons (Fsp3) is 0.682. The van der Waals surface area contributed by atoms with E-state index >= 15 is 0 Å². The van der Waals surface area contributed by atoms with Gasteiger partial charge in [0.25, 0.3) is 5.91 Å². The van der Waals surface area contributed by atoms with Gasteiger partial charge in [-0.15, -0.1) is 0 Å². The first-order chi connectivity index (χ1) is 14.1. The number of rotatable bonds is 5. The first kappa shape index (κ1) is 23.2. The number of piperazine rings is 1. The topological polar surface area (TPSA) is 81.2 Å². The number of benzene rings is 1. The maximum atomic E-state index is 13.3. The lowest BCUT2D eigenvalue weighted by Gasteiger charge is -2.40. The SMILES string of the molecule is Cc1ccc(S(=O)(=O)N2CCCCC2C)cc1C(=O)N1CCN(CC(C)O)C(C)C1. The molecule has 3 rings (SSSR count). The number of piperidine rings is 1. The molecule has 2 fully saturated rings. The second kappa shape index (κ2) is 9.34. The van der Waals surface area contributed by atoms with Crippen LogP contribution in [0.3, 0.4) is 0 Å². The van der Waals surface area contributed by atoms with Crippen molar-refractivity contribution >= 4 is 15.9 Å². The van der Waals surface area contributed by atoms with Gasteiger partial charge in [0.05, 0.1) is 11.0 Å². The van der Waals surface area contributed by atoms with Gasteiger partial charge >= 0.3 is 0 Å².